The third-order valence-electron chi connectivity index (χ3n) is 3.82. The molecule has 0 radical (unpaired) electrons. The summed E-state index contributed by atoms with van der Waals surface area (Å²) in [5.41, 5.74) is 1.73. The molecule has 0 saturated heterocycles. The van der Waals surface area contributed by atoms with Gasteiger partial charge in [-0.3, -0.25) is 4.79 Å². The SMILES string of the molecule is CCOc1ccccc1-n1nnnc1SCC(=O)NCc1ccc(OC)cc1. The van der Waals surface area contributed by atoms with E-state index < -0.39 is 0 Å². The van der Waals surface area contributed by atoms with E-state index >= 15 is 0 Å². The maximum absolute atomic E-state index is 12.2. The molecule has 1 heterocycles. The van der Waals surface area contributed by atoms with Gasteiger partial charge in [-0.1, -0.05) is 36.0 Å². The zero-order chi connectivity index (χ0) is 19.8. The average Bonchev–Trinajstić information content (AvgIpc) is 3.20. The number of nitrogens with zero attached hydrogens (tertiary/aromatic N) is 4. The number of carbonyl (C=O) groups is 1. The second-order valence-electron chi connectivity index (χ2n) is 5.69. The van der Waals surface area contributed by atoms with Crippen molar-refractivity contribution in [3.05, 3.63) is 54.1 Å². The van der Waals surface area contributed by atoms with Crippen molar-refractivity contribution in [3.63, 3.8) is 0 Å². The molecule has 3 rings (SSSR count). The fraction of sp³-hybridized carbons (Fsp3) is 0.263. The summed E-state index contributed by atoms with van der Waals surface area (Å²) in [4.78, 5) is 12.2. The van der Waals surface area contributed by atoms with Gasteiger partial charge in [0.05, 0.1) is 19.5 Å². The number of amides is 1. The molecule has 0 saturated carbocycles. The highest BCUT2D eigenvalue weighted by molar-refractivity contribution is 7.99. The van der Waals surface area contributed by atoms with Crippen LogP contribution in [-0.4, -0.2) is 45.6 Å². The third kappa shape index (κ3) is 5.01. The van der Waals surface area contributed by atoms with E-state index in [1.807, 2.05) is 55.5 Å². The molecule has 0 fully saturated rings. The van der Waals surface area contributed by atoms with Crippen LogP contribution in [-0.2, 0) is 11.3 Å². The molecular weight excluding hydrogens is 378 g/mol. The zero-order valence-corrected chi connectivity index (χ0v) is 16.5. The lowest BCUT2D eigenvalue weighted by Crippen LogP contribution is -2.24. The maximum Gasteiger partial charge on any atom is 0.230 e. The number of benzene rings is 2. The minimum Gasteiger partial charge on any atom is -0.497 e. The number of hydrogen-bond donors (Lipinski definition) is 1. The first kappa shape index (κ1) is 19.7. The Bertz CT molecular complexity index is 914. The second-order valence-corrected chi connectivity index (χ2v) is 6.63. The molecule has 1 N–H and O–H groups in total. The summed E-state index contributed by atoms with van der Waals surface area (Å²) in [5.74, 6) is 1.56. The van der Waals surface area contributed by atoms with Gasteiger partial charge >= 0.3 is 0 Å². The van der Waals surface area contributed by atoms with E-state index in [1.165, 1.54) is 11.8 Å². The summed E-state index contributed by atoms with van der Waals surface area (Å²) < 4.78 is 12.3. The number of methoxy groups -OCH3 is 1. The molecule has 9 heteroatoms. The van der Waals surface area contributed by atoms with Gasteiger partial charge in [0, 0.05) is 6.54 Å². The number of hydrogen-bond acceptors (Lipinski definition) is 7. The number of para-hydroxylation sites is 2. The van der Waals surface area contributed by atoms with Crippen LogP contribution in [0.4, 0.5) is 0 Å². The standard InChI is InChI=1S/C19H21N5O3S/c1-3-27-17-7-5-4-6-16(17)24-19(21-22-23-24)28-13-18(25)20-12-14-8-10-15(26-2)11-9-14/h4-11H,3,12-13H2,1-2H3,(H,20,25). The molecule has 0 aliphatic carbocycles. The molecule has 0 aliphatic heterocycles. The molecule has 0 atom stereocenters. The molecule has 28 heavy (non-hydrogen) atoms. The van der Waals surface area contributed by atoms with E-state index in [9.17, 15) is 4.79 Å². The molecule has 0 aliphatic rings. The lowest BCUT2D eigenvalue weighted by molar-refractivity contribution is -0.118. The first-order valence-corrected chi connectivity index (χ1v) is 9.72. The highest BCUT2D eigenvalue weighted by Crippen LogP contribution is 2.25. The molecule has 1 amide bonds. The molecule has 1 aromatic heterocycles. The fourth-order valence-corrected chi connectivity index (χ4v) is 3.17. The zero-order valence-electron chi connectivity index (χ0n) is 15.7. The summed E-state index contributed by atoms with van der Waals surface area (Å²) >= 11 is 1.26. The quantitative estimate of drug-likeness (QED) is 0.553. The molecular formula is C19H21N5O3S. The van der Waals surface area contributed by atoms with Gasteiger partial charge < -0.3 is 14.8 Å². The van der Waals surface area contributed by atoms with Crippen molar-refractivity contribution in [1.29, 1.82) is 0 Å². The largest absolute Gasteiger partial charge is 0.497 e. The van der Waals surface area contributed by atoms with Crippen molar-refractivity contribution in [2.24, 2.45) is 0 Å². The van der Waals surface area contributed by atoms with Crippen molar-refractivity contribution in [3.8, 4) is 17.2 Å². The molecule has 0 unspecified atom stereocenters. The van der Waals surface area contributed by atoms with Crippen molar-refractivity contribution in [2.45, 2.75) is 18.6 Å². The van der Waals surface area contributed by atoms with Gasteiger partial charge in [-0.25, -0.2) is 0 Å². The predicted octanol–water partition coefficient (Wildman–Crippen LogP) is 2.48. The third-order valence-corrected chi connectivity index (χ3v) is 4.73. The number of ether oxygens (including phenoxy) is 2. The summed E-state index contributed by atoms with van der Waals surface area (Å²) in [5, 5.41) is 15.2. The Labute approximate surface area is 167 Å². The van der Waals surface area contributed by atoms with Crippen molar-refractivity contribution < 1.29 is 14.3 Å². The van der Waals surface area contributed by atoms with Gasteiger partial charge in [-0.2, -0.15) is 4.68 Å². The van der Waals surface area contributed by atoms with E-state index in [0.717, 1.165) is 17.0 Å². The molecule has 0 spiro atoms. The molecule has 3 aromatic rings. The summed E-state index contributed by atoms with van der Waals surface area (Å²) in [6.45, 7) is 2.90. The Morgan fingerprint density at radius 3 is 2.71 bits per heavy atom. The van der Waals surface area contributed by atoms with Crippen LogP contribution in [0.15, 0.2) is 53.7 Å². The highest BCUT2D eigenvalue weighted by Gasteiger charge is 2.14. The number of carbonyl (C=O) groups excluding carboxylic acids is 1. The first-order valence-electron chi connectivity index (χ1n) is 8.74. The Morgan fingerprint density at radius 2 is 1.96 bits per heavy atom. The summed E-state index contributed by atoms with van der Waals surface area (Å²) in [6.07, 6.45) is 0. The lowest BCUT2D eigenvalue weighted by Gasteiger charge is -2.10. The minimum atomic E-state index is -0.103. The van der Waals surface area contributed by atoms with Crippen LogP contribution >= 0.6 is 11.8 Å². The van der Waals surface area contributed by atoms with Crippen LogP contribution in [0.5, 0.6) is 11.5 Å². The number of thioether (sulfide) groups is 1. The fourth-order valence-electron chi connectivity index (χ4n) is 2.45. The van der Waals surface area contributed by atoms with E-state index in [1.54, 1.807) is 11.8 Å². The highest BCUT2D eigenvalue weighted by atomic mass is 32.2. The topological polar surface area (TPSA) is 91.2 Å². The first-order chi connectivity index (χ1) is 13.7. The van der Waals surface area contributed by atoms with Crippen LogP contribution < -0.4 is 14.8 Å². The monoisotopic (exact) mass is 399 g/mol. The maximum atomic E-state index is 12.2. The normalized spacial score (nSPS) is 10.5. The molecule has 146 valence electrons. The number of rotatable bonds is 9. The lowest BCUT2D eigenvalue weighted by atomic mass is 10.2. The number of nitrogens with one attached hydrogen (secondary N) is 1. The Hall–Kier alpha value is -3.07. The summed E-state index contributed by atoms with van der Waals surface area (Å²) in [7, 11) is 1.62. The predicted molar refractivity (Wildman–Crippen MR) is 106 cm³/mol. The van der Waals surface area contributed by atoms with E-state index in [2.05, 4.69) is 20.8 Å². The molecule has 8 nitrogen and oxygen atoms in total. The van der Waals surface area contributed by atoms with Crippen LogP contribution in [0.2, 0.25) is 0 Å². The van der Waals surface area contributed by atoms with Crippen molar-refractivity contribution in [2.75, 3.05) is 19.5 Å². The summed E-state index contributed by atoms with van der Waals surface area (Å²) in [6, 6.07) is 15.1. The Kier molecular flexibility index (Phi) is 6.85. The number of aromatic nitrogens is 4. The van der Waals surface area contributed by atoms with Gasteiger partial charge in [-0.15, -0.1) is 5.10 Å². The van der Waals surface area contributed by atoms with Crippen molar-refractivity contribution >= 4 is 17.7 Å². The van der Waals surface area contributed by atoms with Crippen LogP contribution in [0.25, 0.3) is 5.69 Å². The minimum absolute atomic E-state index is 0.103. The van der Waals surface area contributed by atoms with Crippen molar-refractivity contribution in [1.82, 2.24) is 25.5 Å². The smallest absolute Gasteiger partial charge is 0.230 e. The van der Waals surface area contributed by atoms with E-state index in [4.69, 9.17) is 9.47 Å². The molecule has 0 bridgehead atoms. The van der Waals surface area contributed by atoms with Gasteiger partial charge in [0.15, 0.2) is 0 Å². The molecule has 2 aromatic carbocycles. The Morgan fingerprint density at radius 1 is 1.18 bits per heavy atom. The second kappa shape index (κ2) is 9.75. The van der Waals surface area contributed by atoms with Crippen LogP contribution in [0, 0.1) is 0 Å². The van der Waals surface area contributed by atoms with Crippen LogP contribution in [0.1, 0.15) is 12.5 Å². The van der Waals surface area contributed by atoms with Gasteiger partial charge in [0.1, 0.15) is 17.2 Å². The van der Waals surface area contributed by atoms with Gasteiger partial charge in [0.25, 0.3) is 0 Å². The van der Waals surface area contributed by atoms with E-state index in [0.29, 0.717) is 24.1 Å². The van der Waals surface area contributed by atoms with Gasteiger partial charge in [-0.05, 0) is 47.2 Å². The number of tetrazole rings is 1. The van der Waals surface area contributed by atoms with Crippen LogP contribution in [0.3, 0.4) is 0 Å². The van der Waals surface area contributed by atoms with Gasteiger partial charge in [0.2, 0.25) is 11.1 Å². The van der Waals surface area contributed by atoms with E-state index in [-0.39, 0.29) is 11.7 Å². The Balaban J connectivity index is 1.58. The average molecular weight is 399 g/mol.